The molecule has 0 spiro atoms. The summed E-state index contributed by atoms with van der Waals surface area (Å²) in [5.74, 6) is 1.82. The molecule has 3 heteroatoms. The van der Waals surface area contributed by atoms with Crippen molar-refractivity contribution in [2.75, 3.05) is 0 Å². The molecule has 310 valence electrons. The molecule has 0 bridgehead atoms. The van der Waals surface area contributed by atoms with E-state index in [-0.39, 0.29) is 6.71 Å². The molecule has 0 N–H and O–H groups in total. The van der Waals surface area contributed by atoms with E-state index in [1.54, 1.807) is 0 Å². The summed E-state index contributed by atoms with van der Waals surface area (Å²) in [6.07, 6.45) is 0. The molecule has 13 rings (SSSR count). The number of nitrogens with zero attached hydrogens (tertiary/aromatic N) is 1. The van der Waals surface area contributed by atoms with Crippen LogP contribution in [0.1, 0.15) is 16.7 Å². The molecule has 10 aromatic carbocycles. The van der Waals surface area contributed by atoms with Gasteiger partial charge in [-0.15, -0.1) is 0 Å². The second-order valence-corrected chi connectivity index (χ2v) is 18.2. The van der Waals surface area contributed by atoms with Gasteiger partial charge < -0.3 is 9.30 Å². The Morgan fingerprint density at radius 3 is 1.55 bits per heavy atom. The molecule has 0 amide bonds. The van der Waals surface area contributed by atoms with Gasteiger partial charge in [0.2, 0.25) is 0 Å². The van der Waals surface area contributed by atoms with E-state index in [4.69, 9.17) is 4.74 Å². The third kappa shape index (κ3) is 5.97. The number of ether oxygens (including phenoxy) is 1. The second kappa shape index (κ2) is 15.0. The zero-order valence-corrected chi connectivity index (χ0v) is 37.1. The number of aromatic nitrogens is 1. The van der Waals surface area contributed by atoms with Crippen LogP contribution in [0.5, 0.6) is 11.5 Å². The van der Waals surface area contributed by atoms with Crippen molar-refractivity contribution in [1.29, 1.82) is 0 Å². The number of fused-ring (bicyclic) bond motifs is 7. The van der Waals surface area contributed by atoms with E-state index < -0.39 is 0 Å². The van der Waals surface area contributed by atoms with Gasteiger partial charge in [-0.1, -0.05) is 181 Å². The summed E-state index contributed by atoms with van der Waals surface area (Å²) < 4.78 is 9.82. The summed E-state index contributed by atoms with van der Waals surface area (Å²) in [7, 11) is 0. The zero-order valence-electron chi connectivity index (χ0n) is 37.1. The van der Waals surface area contributed by atoms with Crippen LogP contribution in [0.15, 0.2) is 212 Å². The zero-order chi connectivity index (χ0) is 44.0. The van der Waals surface area contributed by atoms with E-state index in [2.05, 4.69) is 238 Å². The van der Waals surface area contributed by atoms with Crippen LogP contribution in [0.2, 0.25) is 0 Å². The lowest BCUT2D eigenvalue weighted by molar-refractivity contribution is 0.487. The highest BCUT2D eigenvalue weighted by Crippen LogP contribution is 2.45. The largest absolute Gasteiger partial charge is 0.458 e. The van der Waals surface area contributed by atoms with Gasteiger partial charge in [0, 0.05) is 22.0 Å². The van der Waals surface area contributed by atoms with E-state index in [0.717, 1.165) is 17.1 Å². The fourth-order valence-electron chi connectivity index (χ4n) is 11.4. The number of hydrogen-bond acceptors (Lipinski definition) is 1. The van der Waals surface area contributed by atoms with Gasteiger partial charge in [-0.2, -0.15) is 0 Å². The van der Waals surface area contributed by atoms with Crippen molar-refractivity contribution in [3.05, 3.63) is 229 Å². The SMILES string of the molecule is Cc1cc(C)c(-c2cc3c4c(c2)-n2c5ccc(-c6ccccc6-c6ccccc6)cc5c5cc(-c6ccccc6-c6ccccc6)cc(c52)B4c2ccc(-c4ccccc4)cc2O3)c(C)c1. The van der Waals surface area contributed by atoms with Gasteiger partial charge in [-0.3, -0.25) is 0 Å². The smallest absolute Gasteiger partial charge is 0.256 e. The van der Waals surface area contributed by atoms with Crippen LogP contribution in [-0.2, 0) is 0 Å². The van der Waals surface area contributed by atoms with Gasteiger partial charge in [-0.25, -0.2) is 0 Å². The van der Waals surface area contributed by atoms with E-state index >= 15 is 0 Å². The molecular formula is C63H44BNO. The Labute approximate surface area is 386 Å². The van der Waals surface area contributed by atoms with Crippen molar-refractivity contribution in [1.82, 2.24) is 4.57 Å². The fraction of sp³-hybridized carbons (Fsp3) is 0.0476. The van der Waals surface area contributed by atoms with E-state index in [0.29, 0.717) is 0 Å². The van der Waals surface area contributed by atoms with E-state index in [9.17, 15) is 0 Å². The van der Waals surface area contributed by atoms with Crippen molar-refractivity contribution in [3.63, 3.8) is 0 Å². The van der Waals surface area contributed by atoms with Gasteiger partial charge in [-0.05, 0) is 151 Å². The summed E-state index contributed by atoms with van der Waals surface area (Å²) in [5, 5.41) is 2.47. The summed E-state index contributed by atoms with van der Waals surface area (Å²) in [6, 6.07) is 78.3. The van der Waals surface area contributed by atoms with Crippen molar-refractivity contribution in [2.24, 2.45) is 0 Å². The molecule has 11 aromatic rings. The van der Waals surface area contributed by atoms with Crippen LogP contribution in [0.25, 0.3) is 94.3 Å². The molecule has 2 aliphatic heterocycles. The maximum atomic E-state index is 7.26. The topological polar surface area (TPSA) is 14.2 Å². The Kier molecular flexibility index (Phi) is 8.70. The summed E-state index contributed by atoms with van der Waals surface area (Å²) in [4.78, 5) is 0. The minimum absolute atomic E-state index is 0.0701. The number of hydrogen-bond donors (Lipinski definition) is 0. The fourth-order valence-corrected chi connectivity index (χ4v) is 11.4. The summed E-state index contributed by atoms with van der Waals surface area (Å²) in [5.41, 5.74) is 25.5. The first-order valence-electron chi connectivity index (χ1n) is 23.0. The van der Waals surface area contributed by atoms with E-state index in [1.807, 2.05) is 0 Å². The van der Waals surface area contributed by atoms with E-state index in [1.165, 1.54) is 122 Å². The lowest BCUT2D eigenvalue weighted by atomic mass is 9.34. The summed E-state index contributed by atoms with van der Waals surface area (Å²) in [6.45, 7) is 6.61. The quantitative estimate of drug-likeness (QED) is 0.152. The van der Waals surface area contributed by atoms with Crippen molar-refractivity contribution >= 4 is 44.9 Å². The molecule has 0 saturated heterocycles. The first kappa shape index (κ1) is 38.3. The van der Waals surface area contributed by atoms with Gasteiger partial charge in [0.1, 0.15) is 11.5 Å². The molecule has 0 unspecified atom stereocenters. The van der Waals surface area contributed by atoms with Crippen LogP contribution in [0, 0.1) is 20.8 Å². The first-order chi connectivity index (χ1) is 32.5. The number of rotatable bonds is 6. The Bertz CT molecular complexity index is 3730. The Morgan fingerprint density at radius 2 is 0.909 bits per heavy atom. The first-order valence-corrected chi connectivity index (χ1v) is 23.0. The molecule has 0 saturated carbocycles. The molecule has 1 aromatic heterocycles. The van der Waals surface area contributed by atoms with Crippen LogP contribution in [0.3, 0.4) is 0 Å². The van der Waals surface area contributed by atoms with Crippen molar-refractivity contribution in [3.8, 4) is 83.9 Å². The van der Waals surface area contributed by atoms with Crippen LogP contribution < -0.4 is 21.1 Å². The molecule has 0 atom stereocenters. The van der Waals surface area contributed by atoms with Gasteiger partial charge in [0.05, 0.1) is 5.52 Å². The predicted molar refractivity (Wildman–Crippen MR) is 279 cm³/mol. The Balaban J connectivity index is 1.15. The summed E-state index contributed by atoms with van der Waals surface area (Å²) >= 11 is 0. The molecule has 0 fully saturated rings. The molecule has 2 nitrogen and oxygen atoms in total. The van der Waals surface area contributed by atoms with Gasteiger partial charge >= 0.3 is 0 Å². The van der Waals surface area contributed by atoms with Crippen LogP contribution in [-0.4, -0.2) is 11.3 Å². The average molecular weight is 842 g/mol. The molecular weight excluding hydrogens is 798 g/mol. The normalized spacial score (nSPS) is 12.3. The highest BCUT2D eigenvalue weighted by atomic mass is 16.5. The minimum Gasteiger partial charge on any atom is -0.458 e. The minimum atomic E-state index is -0.0701. The van der Waals surface area contributed by atoms with Crippen LogP contribution in [0.4, 0.5) is 0 Å². The standard InChI is InChI=1S/C63H44BNO/c1-39-31-40(2)61(41(3)32-39)48-36-58-62-60(38-48)66-59-37-45(42-17-7-4-8-18-42)27-29-55(59)64(62)56-35-47(52-26-16-14-24-50(52)44-21-11-6-12-22-44)34-54-53-33-46(28-30-57(53)65(58)63(54)56)51-25-15-13-23-49(51)43-19-9-5-10-20-43/h4-38H,1-3H3. The molecule has 2 aliphatic rings. The Hall–Kier alpha value is -8.14. The lowest BCUT2D eigenvalue weighted by Crippen LogP contribution is -2.58. The van der Waals surface area contributed by atoms with Crippen molar-refractivity contribution in [2.45, 2.75) is 20.8 Å². The molecule has 0 aliphatic carbocycles. The third-order valence-electron chi connectivity index (χ3n) is 14.1. The highest BCUT2D eigenvalue weighted by molar-refractivity contribution is 6.99. The maximum Gasteiger partial charge on any atom is 0.256 e. The average Bonchev–Trinajstić information content (AvgIpc) is 3.69. The monoisotopic (exact) mass is 841 g/mol. The predicted octanol–water partition coefficient (Wildman–Crippen LogP) is 14.6. The highest BCUT2D eigenvalue weighted by Gasteiger charge is 2.41. The molecule has 0 radical (unpaired) electrons. The third-order valence-corrected chi connectivity index (χ3v) is 14.1. The second-order valence-electron chi connectivity index (χ2n) is 18.2. The van der Waals surface area contributed by atoms with Crippen molar-refractivity contribution < 1.29 is 4.74 Å². The molecule has 3 heterocycles. The van der Waals surface area contributed by atoms with Gasteiger partial charge in [0.25, 0.3) is 6.71 Å². The van der Waals surface area contributed by atoms with Gasteiger partial charge in [0.15, 0.2) is 0 Å². The molecule has 66 heavy (non-hydrogen) atoms. The number of benzene rings is 10. The lowest BCUT2D eigenvalue weighted by Gasteiger charge is -2.34. The maximum absolute atomic E-state index is 7.26. The Morgan fingerprint density at radius 1 is 0.379 bits per heavy atom. The van der Waals surface area contributed by atoms with Crippen LogP contribution >= 0.6 is 0 Å². The number of aryl methyl sites for hydroxylation is 3.